The van der Waals surface area contributed by atoms with Gasteiger partial charge in [-0.05, 0) is 72.2 Å². The molecule has 0 radical (unpaired) electrons. The maximum absolute atomic E-state index is 13.9. The third kappa shape index (κ3) is 4.03. The molecule has 9 rings (SSSR count). The second kappa shape index (κ2) is 10.5. The van der Waals surface area contributed by atoms with E-state index in [2.05, 4.69) is 69.6 Å². The predicted molar refractivity (Wildman–Crippen MR) is 172 cm³/mol. The van der Waals surface area contributed by atoms with Crippen LogP contribution in [0.4, 0.5) is 0 Å². The van der Waals surface area contributed by atoms with E-state index >= 15 is 0 Å². The molecule has 4 aliphatic rings. The van der Waals surface area contributed by atoms with Gasteiger partial charge in [-0.3, -0.25) is 9.59 Å². The van der Waals surface area contributed by atoms with Crippen LogP contribution >= 0.6 is 15.9 Å². The van der Waals surface area contributed by atoms with Gasteiger partial charge in [0.15, 0.2) is 11.5 Å². The molecule has 5 aromatic carbocycles. The lowest BCUT2D eigenvalue weighted by Gasteiger charge is -2.45. The number of carbonyl (C=O) groups is 2. The smallest absolute Gasteiger partial charge is 0.254 e. The van der Waals surface area contributed by atoms with Gasteiger partial charge in [0, 0.05) is 11.8 Å². The van der Waals surface area contributed by atoms with Crippen molar-refractivity contribution in [3.63, 3.8) is 0 Å². The number of carbonyl (C=O) groups excluding carboxylic acids is 2. The summed E-state index contributed by atoms with van der Waals surface area (Å²) in [6.07, 6.45) is 1.54. The molecule has 6 nitrogen and oxygen atoms in total. The average Bonchev–Trinajstić information content (AvgIpc) is 3.32. The molecular formula is C37H27BrN2O4. The first kappa shape index (κ1) is 26.8. The second-order valence-electron chi connectivity index (χ2n) is 11.5. The molecular weight excluding hydrogens is 616 g/mol. The summed E-state index contributed by atoms with van der Waals surface area (Å²) in [4.78, 5) is 27.8. The zero-order chi connectivity index (χ0) is 29.9. The van der Waals surface area contributed by atoms with Crippen molar-refractivity contribution in [2.24, 2.45) is 16.9 Å². The highest BCUT2D eigenvalue weighted by Crippen LogP contribution is 2.61. The summed E-state index contributed by atoms with van der Waals surface area (Å²) in [5.74, 6) is -0.710. The molecule has 0 aromatic heterocycles. The van der Waals surface area contributed by atoms with E-state index in [1.165, 1.54) is 6.21 Å². The van der Waals surface area contributed by atoms with Gasteiger partial charge in [-0.15, -0.1) is 0 Å². The molecule has 0 unspecified atom stereocenters. The Labute approximate surface area is 263 Å². The highest BCUT2D eigenvalue weighted by molar-refractivity contribution is 9.10. The van der Waals surface area contributed by atoms with Gasteiger partial charge in [-0.2, -0.15) is 10.1 Å². The highest BCUT2D eigenvalue weighted by Gasteiger charge is 2.61. The second-order valence-corrected chi connectivity index (χ2v) is 12.3. The first-order valence-electron chi connectivity index (χ1n) is 14.6. The largest absolute Gasteiger partial charge is 0.493 e. The van der Waals surface area contributed by atoms with Crippen molar-refractivity contribution >= 4 is 44.7 Å². The van der Waals surface area contributed by atoms with Gasteiger partial charge in [0.05, 0.1) is 29.6 Å². The fourth-order valence-electron chi connectivity index (χ4n) is 7.42. The van der Waals surface area contributed by atoms with Crippen LogP contribution in [0.3, 0.4) is 0 Å². The molecule has 44 heavy (non-hydrogen) atoms. The number of hydrogen-bond acceptors (Lipinski definition) is 5. The third-order valence-corrected chi connectivity index (χ3v) is 9.84. The Bertz CT molecular complexity index is 1900. The molecule has 3 aliphatic carbocycles. The Morgan fingerprint density at radius 1 is 0.773 bits per heavy atom. The number of amides is 2. The van der Waals surface area contributed by atoms with Crippen molar-refractivity contribution in [2.45, 2.75) is 18.4 Å². The molecule has 1 aliphatic heterocycles. The topological polar surface area (TPSA) is 68.2 Å². The lowest BCUT2D eigenvalue weighted by Crippen LogP contribution is -2.41. The molecule has 1 saturated heterocycles. The standard InChI is InChI=1S/C37H27BrN2O4/c1-43-30-18-21(17-29(38)35(30)44-20-23-11-8-10-22-9-2-3-12-24(22)23)19-39-40-36(41)33-31-25-13-4-5-14-26(25)32(34(33)37(40)42)28-16-7-6-15-27(28)31/h2-19,31-34H,20H2,1H3/b39-19-/t31?,32?,33-,34+. The molecule has 0 N–H and O–H groups in total. The number of nitrogens with zero attached hydrogens (tertiary/aromatic N) is 2. The molecule has 2 atom stereocenters. The fourth-order valence-corrected chi connectivity index (χ4v) is 8.00. The van der Waals surface area contributed by atoms with E-state index in [9.17, 15) is 9.59 Å². The maximum Gasteiger partial charge on any atom is 0.254 e. The quantitative estimate of drug-likeness (QED) is 0.143. The van der Waals surface area contributed by atoms with Gasteiger partial charge in [-0.1, -0.05) is 91.0 Å². The Morgan fingerprint density at radius 3 is 1.95 bits per heavy atom. The van der Waals surface area contributed by atoms with Crippen LogP contribution in [0.2, 0.25) is 0 Å². The van der Waals surface area contributed by atoms with Gasteiger partial charge in [-0.25, -0.2) is 0 Å². The molecule has 2 amide bonds. The van der Waals surface area contributed by atoms with E-state index in [0.29, 0.717) is 28.1 Å². The van der Waals surface area contributed by atoms with Crippen molar-refractivity contribution in [3.8, 4) is 11.5 Å². The molecule has 1 heterocycles. The van der Waals surface area contributed by atoms with E-state index in [4.69, 9.17) is 9.47 Å². The van der Waals surface area contributed by atoms with E-state index in [1.807, 2.05) is 48.5 Å². The Morgan fingerprint density at radius 2 is 1.34 bits per heavy atom. The van der Waals surface area contributed by atoms with E-state index in [1.54, 1.807) is 13.2 Å². The van der Waals surface area contributed by atoms with E-state index < -0.39 is 11.8 Å². The van der Waals surface area contributed by atoms with Gasteiger partial charge >= 0.3 is 0 Å². The van der Waals surface area contributed by atoms with Crippen LogP contribution in [0.5, 0.6) is 11.5 Å². The summed E-state index contributed by atoms with van der Waals surface area (Å²) in [7, 11) is 1.58. The predicted octanol–water partition coefficient (Wildman–Crippen LogP) is 7.42. The van der Waals surface area contributed by atoms with E-state index in [0.717, 1.165) is 43.6 Å². The van der Waals surface area contributed by atoms with Crippen molar-refractivity contribution in [3.05, 3.63) is 141 Å². The molecule has 5 aromatic rings. The van der Waals surface area contributed by atoms with Crippen LogP contribution in [0.15, 0.2) is 113 Å². The molecule has 2 bridgehead atoms. The molecule has 1 fully saturated rings. The molecule has 0 saturated carbocycles. The first-order valence-corrected chi connectivity index (χ1v) is 15.4. The summed E-state index contributed by atoms with van der Waals surface area (Å²) in [6.45, 7) is 0.358. The SMILES string of the molecule is COc1cc(/C=N\N2C(=O)[C@@H]3C4c5ccccc5C(c5ccccc54)[C@@H]3C2=O)cc(Br)c1OCc1cccc2ccccc12. The van der Waals surface area contributed by atoms with Crippen LogP contribution in [0.25, 0.3) is 10.8 Å². The van der Waals surface area contributed by atoms with Gasteiger partial charge < -0.3 is 9.47 Å². The molecule has 0 spiro atoms. The number of ether oxygens (including phenoxy) is 2. The average molecular weight is 644 g/mol. The van der Waals surface area contributed by atoms with Crippen LogP contribution in [-0.2, 0) is 16.2 Å². The zero-order valence-corrected chi connectivity index (χ0v) is 25.4. The first-order chi connectivity index (χ1) is 21.5. The maximum atomic E-state index is 13.9. The Hall–Kier alpha value is -4.75. The normalized spacial score (nSPS) is 21.5. The number of hydrazone groups is 1. The summed E-state index contributed by atoms with van der Waals surface area (Å²) >= 11 is 3.63. The number of methoxy groups -OCH3 is 1. The minimum atomic E-state index is -0.472. The third-order valence-electron chi connectivity index (χ3n) is 9.25. The summed E-state index contributed by atoms with van der Waals surface area (Å²) in [5, 5.41) is 7.83. The van der Waals surface area contributed by atoms with Crippen LogP contribution in [0, 0.1) is 11.8 Å². The Balaban J connectivity index is 1.08. The number of rotatable bonds is 6. The molecule has 216 valence electrons. The van der Waals surface area contributed by atoms with Gasteiger partial charge in [0.1, 0.15) is 6.61 Å². The minimum Gasteiger partial charge on any atom is -0.493 e. The number of halogens is 1. The lowest BCUT2D eigenvalue weighted by atomic mass is 9.55. The van der Waals surface area contributed by atoms with Gasteiger partial charge in [0.2, 0.25) is 0 Å². The number of imide groups is 1. The van der Waals surface area contributed by atoms with Crippen molar-refractivity contribution < 1.29 is 19.1 Å². The summed E-state index contributed by atoms with van der Waals surface area (Å²) in [5.41, 5.74) is 6.27. The summed E-state index contributed by atoms with van der Waals surface area (Å²) in [6, 6.07) is 34.4. The van der Waals surface area contributed by atoms with Gasteiger partial charge in [0.25, 0.3) is 11.8 Å². The monoisotopic (exact) mass is 642 g/mol. The van der Waals surface area contributed by atoms with Crippen LogP contribution in [0.1, 0.15) is 45.2 Å². The lowest BCUT2D eigenvalue weighted by molar-refractivity contribution is -0.139. The minimum absolute atomic E-state index is 0.165. The van der Waals surface area contributed by atoms with Crippen molar-refractivity contribution in [1.82, 2.24) is 5.01 Å². The van der Waals surface area contributed by atoms with E-state index in [-0.39, 0.29) is 23.7 Å². The van der Waals surface area contributed by atoms with Crippen molar-refractivity contribution in [2.75, 3.05) is 7.11 Å². The fraction of sp³-hybridized carbons (Fsp3) is 0.162. The zero-order valence-electron chi connectivity index (χ0n) is 23.8. The number of fused-ring (bicyclic) bond motifs is 1. The van der Waals surface area contributed by atoms with Crippen LogP contribution in [-0.4, -0.2) is 30.1 Å². The van der Waals surface area contributed by atoms with Crippen LogP contribution < -0.4 is 9.47 Å². The number of benzene rings is 5. The summed E-state index contributed by atoms with van der Waals surface area (Å²) < 4.78 is 12.6. The number of hydrogen-bond donors (Lipinski definition) is 0. The molecule has 7 heteroatoms. The highest BCUT2D eigenvalue weighted by atomic mass is 79.9. The Kier molecular flexibility index (Phi) is 6.38. The van der Waals surface area contributed by atoms with Crippen molar-refractivity contribution in [1.29, 1.82) is 0 Å².